The summed E-state index contributed by atoms with van der Waals surface area (Å²) < 4.78 is 0. The van der Waals surface area contributed by atoms with Gasteiger partial charge in [0.05, 0.1) is 0 Å². The maximum atomic E-state index is 12.8. The van der Waals surface area contributed by atoms with Crippen LogP contribution in [-0.2, 0) is 6.42 Å². The van der Waals surface area contributed by atoms with Crippen LogP contribution in [0, 0.1) is 6.92 Å². The summed E-state index contributed by atoms with van der Waals surface area (Å²) in [5, 5.41) is 0.577. The molecular weight excluding hydrogens is 284 g/mol. The molecule has 1 atom stereocenters. The van der Waals surface area contributed by atoms with E-state index in [9.17, 15) is 4.79 Å². The number of amides is 1. The molecule has 3 rings (SSSR count). The lowest BCUT2D eigenvalue weighted by molar-refractivity contribution is 0.0983. The normalized spacial score (nSPS) is 17.5. The Balaban J connectivity index is 2.02. The van der Waals surface area contributed by atoms with Crippen LogP contribution in [0.5, 0.6) is 0 Å². The number of hydrogen-bond acceptors (Lipinski definition) is 2. The molecule has 0 spiro atoms. The molecule has 2 aromatic carbocycles. The van der Waals surface area contributed by atoms with Crippen LogP contribution in [0.3, 0.4) is 0 Å². The first-order valence-electron chi connectivity index (χ1n) is 6.97. The average molecular weight is 301 g/mol. The molecule has 2 N–H and O–H groups in total. The Labute approximate surface area is 129 Å². The molecule has 0 radical (unpaired) electrons. The number of para-hydroxylation sites is 1. The zero-order valence-electron chi connectivity index (χ0n) is 11.8. The molecule has 0 aliphatic carbocycles. The van der Waals surface area contributed by atoms with Crippen molar-refractivity contribution in [3.8, 4) is 0 Å². The zero-order chi connectivity index (χ0) is 15.0. The van der Waals surface area contributed by atoms with Gasteiger partial charge < -0.3 is 10.6 Å². The van der Waals surface area contributed by atoms with Crippen LogP contribution in [0.1, 0.15) is 21.5 Å². The van der Waals surface area contributed by atoms with Crippen molar-refractivity contribution in [1.29, 1.82) is 0 Å². The molecule has 1 heterocycles. The van der Waals surface area contributed by atoms with E-state index in [-0.39, 0.29) is 11.9 Å². The SMILES string of the molecule is Cc1cc(Cl)cc(C(=O)N2CC(N)Cc3ccccc32)c1. The summed E-state index contributed by atoms with van der Waals surface area (Å²) in [7, 11) is 0. The number of aryl methyl sites for hydroxylation is 1. The van der Waals surface area contributed by atoms with E-state index in [1.165, 1.54) is 0 Å². The van der Waals surface area contributed by atoms with Gasteiger partial charge in [0, 0.05) is 28.9 Å². The lowest BCUT2D eigenvalue weighted by atomic mass is 9.97. The van der Waals surface area contributed by atoms with E-state index in [0.29, 0.717) is 17.1 Å². The van der Waals surface area contributed by atoms with Crippen LogP contribution in [0.4, 0.5) is 5.69 Å². The largest absolute Gasteiger partial charge is 0.326 e. The zero-order valence-corrected chi connectivity index (χ0v) is 12.6. The minimum absolute atomic E-state index is 0.0378. The number of benzene rings is 2. The molecule has 0 saturated carbocycles. The first-order valence-corrected chi connectivity index (χ1v) is 7.35. The first-order chi connectivity index (χ1) is 10.0. The predicted octanol–water partition coefficient (Wildman–Crippen LogP) is 3.18. The summed E-state index contributed by atoms with van der Waals surface area (Å²) in [5.74, 6) is -0.0526. The highest BCUT2D eigenvalue weighted by molar-refractivity contribution is 6.31. The maximum absolute atomic E-state index is 12.8. The monoisotopic (exact) mass is 300 g/mol. The van der Waals surface area contributed by atoms with Gasteiger partial charge in [0.25, 0.3) is 5.91 Å². The van der Waals surface area contributed by atoms with Gasteiger partial charge in [0.1, 0.15) is 0 Å². The third-order valence-electron chi connectivity index (χ3n) is 3.72. The van der Waals surface area contributed by atoms with E-state index in [2.05, 4.69) is 0 Å². The quantitative estimate of drug-likeness (QED) is 0.879. The Morgan fingerprint density at radius 3 is 2.81 bits per heavy atom. The molecular formula is C17H17ClN2O. The van der Waals surface area contributed by atoms with Crippen LogP contribution in [0.2, 0.25) is 5.02 Å². The number of halogens is 1. The Morgan fingerprint density at radius 1 is 1.29 bits per heavy atom. The first kappa shape index (κ1) is 14.1. The van der Waals surface area contributed by atoms with Gasteiger partial charge in [-0.05, 0) is 48.7 Å². The van der Waals surface area contributed by atoms with Crippen molar-refractivity contribution in [2.45, 2.75) is 19.4 Å². The topological polar surface area (TPSA) is 46.3 Å². The van der Waals surface area contributed by atoms with Crippen molar-refractivity contribution in [3.05, 3.63) is 64.2 Å². The van der Waals surface area contributed by atoms with Crippen molar-refractivity contribution in [1.82, 2.24) is 0 Å². The van der Waals surface area contributed by atoms with Crippen LogP contribution in [0.25, 0.3) is 0 Å². The molecule has 21 heavy (non-hydrogen) atoms. The molecule has 0 fully saturated rings. The van der Waals surface area contributed by atoms with Crippen molar-refractivity contribution in [3.63, 3.8) is 0 Å². The van der Waals surface area contributed by atoms with Gasteiger partial charge in [-0.2, -0.15) is 0 Å². The average Bonchev–Trinajstić information content (AvgIpc) is 2.44. The van der Waals surface area contributed by atoms with Crippen molar-refractivity contribution in [2.75, 3.05) is 11.4 Å². The second-order valence-electron chi connectivity index (χ2n) is 5.53. The summed E-state index contributed by atoms with van der Waals surface area (Å²) >= 11 is 6.07. The van der Waals surface area contributed by atoms with E-state index in [1.54, 1.807) is 11.0 Å². The van der Waals surface area contributed by atoms with Gasteiger partial charge in [-0.3, -0.25) is 4.79 Å². The number of carbonyl (C=O) groups is 1. The molecule has 108 valence electrons. The molecule has 0 bridgehead atoms. The molecule has 3 nitrogen and oxygen atoms in total. The number of nitrogens with zero attached hydrogens (tertiary/aromatic N) is 1. The molecule has 1 amide bonds. The van der Waals surface area contributed by atoms with Gasteiger partial charge in [-0.25, -0.2) is 0 Å². The van der Waals surface area contributed by atoms with E-state index in [0.717, 1.165) is 23.2 Å². The van der Waals surface area contributed by atoms with Crippen molar-refractivity contribution < 1.29 is 4.79 Å². The van der Waals surface area contributed by atoms with Crippen LogP contribution >= 0.6 is 11.6 Å². The number of hydrogen-bond donors (Lipinski definition) is 1. The molecule has 1 aliphatic heterocycles. The fourth-order valence-corrected chi connectivity index (χ4v) is 3.12. The van der Waals surface area contributed by atoms with Gasteiger partial charge in [0.2, 0.25) is 0 Å². The highest BCUT2D eigenvalue weighted by atomic mass is 35.5. The third kappa shape index (κ3) is 2.80. The minimum atomic E-state index is -0.0526. The van der Waals surface area contributed by atoms with E-state index < -0.39 is 0 Å². The Morgan fingerprint density at radius 2 is 2.05 bits per heavy atom. The molecule has 4 heteroatoms. The molecule has 1 unspecified atom stereocenters. The lowest BCUT2D eigenvalue weighted by Crippen LogP contribution is -2.46. The van der Waals surface area contributed by atoms with Gasteiger partial charge in [-0.15, -0.1) is 0 Å². The summed E-state index contributed by atoms with van der Waals surface area (Å²) in [6.07, 6.45) is 0.800. The number of anilines is 1. The van der Waals surface area contributed by atoms with Gasteiger partial charge >= 0.3 is 0 Å². The predicted molar refractivity (Wildman–Crippen MR) is 86.0 cm³/mol. The molecule has 0 saturated heterocycles. The molecule has 1 aliphatic rings. The second kappa shape index (κ2) is 5.51. The second-order valence-corrected chi connectivity index (χ2v) is 5.96. The number of fused-ring (bicyclic) bond motifs is 1. The molecule has 0 aromatic heterocycles. The van der Waals surface area contributed by atoms with Crippen LogP contribution in [0.15, 0.2) is 42.5 Å². The third-order valence-corrected chi connectivity index (χ3v) is 3.93. The standard InChI is InChI=1S/C17H17ClN2O/c1-11-6-13(8-14(18)7-11)17(21)20-10-15(19)9-12-4-2-3-5-16(12)20/h2-8,15H,9-10,19H2,1H3. The number of nitrogens with two attached hydrogens (primary N) is 1. The van der Waals surface area contributed by atoms with Crippen molar-refractivity contribution >= 4 is 23.2 Å². The highest BCUT2D eigenvalue weighted by Crippen LogP contribution is 2.28. The van der Waals surface area contributed by atoms with Crippen LogP contribution < -0.4 is 10.6 Å². The summed E-state index contributed by atoms with van der Waals surface area (Å²) in [4.78, 5) is 14.6. The summed E-state index contributed by atoms with van der Waals surface area (Å²) in [6, 6.07) is 13.3. The number of carbonyl (C=O) groups excluding carboxylic acids is 1. The van der Waals surface area contributed by atoms with Gasteiger partial charge in [0.15, 0.2) is 0 Å². The fraction of sp³-hybridized carbons (Fsp3) is 0.235. The van der Waals surface area contributed by atoms with Crippen molar-refractivity contribution in [2.24, 2.45) is 5.73 Å². The number of rotatable bonds is 1. The summed E-state index contributed by atoms with van der Waals surface area (Å²) in [5.41, 5.74) is 9.73. The lowest BCUT2D eigenvalue weighted by Gasteiger charge is -2.33. The molecule has 2 aromatic rings. The van der Waals surface area contributed by atoms with Crippen LogP contribution in [-0.4, -0.2) is 18.5 Å². The summed E-state index contributed by atoms with van der Waals surface area (Å²) in [6.45, 7) is 2.46. The van der Waals surface area contributed by atoms with E-state index in [1.807, 2.05) is 43.3 Å². The minimum Gasteiger partial charge on any atom is -0.326 e. The Bertz CT molecular complexity index is 679. The van der Waals surface area contributed by atoms with Gasteiger partial charge in [-0.1, -0.05) is 29.8 Å². The van der Waals surface area contributed by atoms with E-state index in [4.69, 9.17) is 17.3 Å². The smallest absolute Gasteiger partial charge is 0.258 e. The van der Waals surface area contributed by atoms with E-state index >= 15 is 0 Å². The fourth-order valence-electron chi connectivity index (χ4n) is 2.83. The Hall–Kier alpha value is -1.84. The Kier molecular flexibility index (Phi) is 3.70. The maximum Gasteiger partial charge on any atom is 0.258 e. The highest BCUT2D eigenvalue weighted by Gasteiger charge is 2.27.